The van der Waals surface area contributed by atoms with E-state index in [4.69, 9.17) is 20.4 Å². The van der Waals surface area contributed by atoms with E-state index in [0.717, 1.165) is 12.8 Å². The predicted octanol–water partition coefficient (Wildman–Crippen LogP) is 3.57. The van der Waals surface area contributed by atoms with Crippen LogP contribution in [0.2, 0.25) is 0 Å². The van der Waals surface area contributed by atoms with Crippen molar-refractivity contribution in [2.75, 3.05) is 0 Å². The Kier molecular flexibility index (Phi) is 20.3. The van der Waals surface area contributed by atoms with Crippen molar-refractivity contribution in [3.8, 4) is 0 Å². The maximum atomic E-state index is 10.0. The summed E-state index contributed by atoms with van der Waals surface area (Å²) in [6, 6.07) is 0. The molecule has 26 heavy (non-hydrogen) atoms. The fourth-order valence-corrected chi connectivity index (χ4v) is 1.34. The van der Waals surface area contributed by atoms with Gasteiger partial charge in [0.25, 0.3) is 0 Å². The lowest BCUT2D eigenvalue weighted by Crippen LogP contribution is -1.97. The van der Waals surface area contributed by atoms with Crippen LogP contribution in [0.15, 0.2) is 23.3 Å². The van der Waals surface area contributed by atoms with Gasteiger partial charge in [-0.2, -0.15) is 0 Å². The molecule has 0 rings (SSSR count). The summed E-state index contributed by atoms with van der Waals surface area (Å²) >= 11 is 0. The number of rotatable bonds is 9. The van der Waals surface area contributed by atoms with Crippen LogP contribution in [0.5, 0.6) is 0 Å². The van der Waals surface area contributed by atoms with Gasteiger partial charge in [-0.25, -0.2) is 9.59 Å². The van der Waals surface area contributed by atoms with Crippen LogP contribution in [0, 0.1) is 0 Å². The van der Waals surface area contributed by atoms with Gasteiger partial charge in [-0.1, -0.05) is 26.0 Å². The molecule has 0 unspecified atom stereocenters. The molecule has 0 fully saturated rings. The second kappa shape index (κ2) is 18.7. The van der Waals surface area contributed by atoms with Gasteiger partial charge in [-0.05, 0) is 39.5 Å². The molecule has 0 aliphatic heterocycles. The van der Waals surface area contributed by atoms with E-state index in [1.165, 1.54) is 0 Å². The summed E-state index contributed by atoms with van der Waals surface area (Å²) < 4.78 is 0. The van der Waals surface area contributed by atoms with Crippen LogP contribution < -0.4 is 0 Å². The third-order valence-electron chi connectivity index (χ3n) is 2.73. The standard InChI is InChI=1S/C6H10O4.2C6H10O2/c7-5(8)3-1-2-4-6(9)10;2*1-3-4-5(2)6(7)8/h1-4H2,(H,7,8)(H,9,10);2*4H,3H2,1-2H3,(H,7,8). The van der Waals surface area contributed by atoms with Crippen LogP contribution in [-0.2, 0) is 19.2 Å². The molecule has 0 amide bonds. The quantitative estimate of drug-likeness (QED) is 0.353. The highest BCUT2D eigenvalue weighted by molar-refractivity contribution is 5.86. The van der Waals surface area contributed by atoms with Gasteiger partial charge in [0.1, 0.15) is 0 Å². The Balaban J connectivity index is -0.000000308. The van der Waals surface area contributed by atoms with E-state index in [2.05, 4.69) is 0 Å². The van der Waals surface area contributed by atoms with Crippen LogP contribution in [0.25, 0.3) is 0 Å². The fourth-order valence-electron chi connectivity index (χ4n) is 1.34. The number of carboxylic acids is 4. The number of hydrogen-bond acceptors (Lipinski definition) is 4. The summed E-state index contributed by atoms with van der Waals surface area (Å²) in [6.07, 6.45) is 5.96. The molecule has 0 radical (unpaired) electrons. The van der Waals surface area contributed by atoms with E-state index in [9.17, 15) is 19.2 Å². The Bertz CT molecular complexity index is 457. The zero-order chi connectivity index (χ0) is 21.1. The molecule has 8 heteroatoms. The third-order valence-corrected chi connectivity index (χ3v) is 2.73. The van der Waals surface area contributed by atoms with Gasteiger partial charge >= 0.3 is 23.9 Å². The van der Waals surface area contributed by atoms with Gasteiger partial charge in [-0.15, -0.1) is 0 Å². The molecule has 0 aromatic heterocycles. The van der Waals surface area contributed by atoms with Gasteiger partial charge in [0, 0.05) is 24.0 Å². The minimum absolute atomic E-state index is 0.0628. The molecule has 8 nitrogen and oxygen atoms in total. The molecule has 0 atom stereocenters. The number of unbranched alkanes of at least 4 members (excludes halogenated alkanes) is 1. The summed E-state index contributed by atoms with van der Waals surface area (Å²) in [5, 5.41) is 32.8. The highest BCUT2D eigenvalue weighted by Crippen LogP contribution is 1.98. The SMILES string of the molecule is CCC=C(C)C(=O)O.CCC=C(C)C(=O)O.O=C(O)CCCCC(=O)O. The van der Waals surface area contributed by atoms with E-state index in [0.29, 0.717) is 24.0 Å². The Morgan fingerprint density at radius 2 is 0.923 bits per heavy atom. The van der Waals surface area contributed by atoms with E-state index >= 15 is 0 Å². The minimum atomic E-state index is -0.870. The molecular formula is C18H30O8. The predicted molar refractivity (Wildman–Crippen MR) is 97.1 cm³/mol. The van der Waals surface area contributed by atoms with Crippen LogP contribution >= 0.6 is 0 Å². The summed E-state index contributed by atoms with van der Waals surface area (Å²) in [4.78, 5) is 39.8. The van der Waals surface area contributed by atoms with E-state index in [-0.39, 0.29) is 12.8 Å². The van der Waals surface area contributed by atoms with Gasteiger partial charge in [-0.3, -0.25) is 9.59 Å². The van der Waals surface area contributed by atoms with Crippen molar-refractivity contribution in [3.05, 3.63) is 23.3 Å². The van der Waals surface area contributed by atoms with E-state index < -0.39 is 23.9 Å². The highest BCUT2D eigenvalue weighted by Gasteiger charge is 1.99. The number of hydrogen-bond donors (Lipinski definition) is 4. The Morgan fingerprint density at radius 3 is 1.04 bits per heavy atom. The molecule has 150 valence electrons. The summed E-state index contributed by atoms with van der Waals surface area (Å²) in [6.45, 7) is 7.00. The van der Waals surface area contributed by atoms with Crippen molar-refractivity contribution in [3.63, 3.8) is 0 Å². The molecule has 0 bridgehead atoms. The Labute approximate surface area is 153 Å². The highest BCUT2D eigenvalue weighted by atomic mass is 16.4. The second-order valence-electron chi connectivity index (χ2n) is 5.20. The second-order valence-corrected chi connectivity index (χ2v) is 5.20. The van der Waals surface area contributed by atoms with Crippen molar-refractivity contribution in [2.45, 2.75) is 66.2 Å². The van der Waals surface area contributed by atoms with Crippen LogP contribution in [0.3, 0.4) is 0 Å². The number of allylic oxidation sites excluding steroid dienone is 2. The van der Waals surface area contributed by atoms with Gasteiger partial charge in [0.05, 0.1) is 0 Å². The smallest absolute Gasteiger partial charge is 0.330 e. The molecule has 0 spiro atoms. The van der Waals surface area contributed by atoms with Gasteiger partial charge in [0.15, 0.2) is 0 Å². The molecule has 0 aliphatic rings. The average molecular weight is 374 g/mol. The molecule has 0 aromatic carbocycles. The lowest BCUT2D eigenvalue weighted by molar-refractivity contribution is -0.139. The normalized spacial score (nSPS) is 10.6. The first-order chi connectivity index (χ1) is 12.0. The number of carbonyl (C=O) groups is 4. The molecular weight excluding hydrogens is 344 g/mol. The summed E-state index contributed by atoms with van der Waals surface area (Å²) in [7, 11) is 0. The van der Waals surface area contributed by atoms with Gasteiger partial charge in [0.2, 0.25) is 0 Å². The maximum absolute atomic E-state index is 10.0. The monoisotopic (exact) mass is 374 g/mol. The Hall–Kier alpha value is -2.64. The lowest BCUT2D eigenvalue weighted by atomic mass is 10.2. The van der Waals surface area contributed by atoms with Crippen molar-refractivity contribution in [1.82, 2.24) is 0 Å². The largest absolute Gasteiger partial charge is 0.481 e. The van der Waals surface area contributed by atoms with Crippen molar-refractivity contribution >= 4 is 23.9 Å². The van der Waals surface area contributed by atoms with Crippen molar-refractivity contribution in [1.29, 1.82) is 0 Å². The molecule has 0 aliphatic carbocycles. The third kappa shape index (κ3) is 26.3. The zero-order valence-corrected chi connectivity index (χ0v) is 15.8. The van der Waals surface area contributed by atoms with Crippen molar-refractivity contribution < 1.29 is 39.6 Å². The average Bonchev–Trinajstić information content (AvgIpc) is 2.53. The zero-order valence-electron chi connectivity index (χ0n) is 15.8. The first kappa shape index (κ1) is 28.2. The molecule has 0 aromatic rings. The van der Waals surface area contributed by atoms with Crippen LogP contribution in [0.4, 0.5) is 0 Å². The molecule has 4 N–H and O–H groups in total. The number of carboxylic acid groups (broad SMARTS) is 4. The topological polar surface area (TPSA) is 149 Å². The van der Waals surface area contributed by atoms with Crippen molar-refractivity contribution in [2.24, 2.45) is 0 Å². The fraction of sp³-hybridized carbons (Fsp3) is 0.556. The first-order valence-corrected chi connectivity index (χ1v) is 8.23. The maximum Gasteiger partial charge on any atom is 0.330 e. The Morgan fingerprint density at radius 1 is 0.654 bits per heavy atom. The van der Waals surface area contributed by atoms with Crippen LogP contribution in [0.1, 0.15) is 66.2 Å². The van der Waals surface area contributed by atoms with Gasteiger partial charge < -0.3 is 20.4 Å². The number of aliphatic carboxylic acids is 4. The summed E-state index contributed by atoms with van der Waals surface area (Å²) in [5.74, 6) is -3.39. The molecule has 0 saturated carbocycles. The molecule has 0 heterocycles. The lowest BCUT2D eigenvalue weighted by Gasteiger charge is -1.92. The minimum Gasteiger partial charge on any atom is -0.481 e. The summed E-state index contributed by atoms with van der Waals surface area (Å²) in [5.41, 5.74) is 0.847. The van der Waals surface area contributed by atoms with E-state index in [1.807, 2.05) is 13.8 Å². The molecule has 0 saturated heterocycles. The van der Waals surface area contributed by atoms with Crippen LogP contribution in [-0.4, -0.2) is 44.3 Å². The van der Waals surface area contributed by atoms with E-state index in [1.54, 1.807) is 26.0 Å². The first-order valence-electron chi connectivity index (χ1n) is 8.23.